The molecule has 1 N–H and O–H groups in total. The Kier molecular flexibility index (Phi) is 5.38. The molecule has 0 atom stereocenters. The van der Waals surface area contributed by atoms with Crippen LogP contribution >= 0.6 is 0 Å². The molecule has 0 unspecified atom stereocenters. The number of aromatic amines is 1. The van der Waals surface area contributed by atoms with E-state index in [1.54, 1.807) is 14.2 Å². The molecule has 0 spiro atoms. The Balaban J connectivity index is 1.68. The van der Waals surface area contributed by atoms with Crippen LogP contribution in [0.1, 0.15) is 16.7 Å². The molecule has 2 heterocycles. The minimum Gasteiger partial charge on any atom is -0.497 e. The molecule has 0 saturated heterocycles. The number of ether oxygens (including phenoxy) is 2. The second-order valence-electron chi connectivity index (χ2n) is 7.09. The number of fused-ring (bicyclic) bond motifs is 1. The topological polar surface area (TPSA) is 50.4 Å². The van der Waals surface area contributed by atoms with Crippen LogP contribution in [0.2, 0.25) is 0 Å². The number of nitrogens with one attached hydrogen (secondary N) is 1. The molecule has 0 saturated carbocycles. The number of hydrogen-bond donors (Lipinski definition) is 1. The normalized spacial score (nSPS) is 10.9. The Labute approximate surface area is 170 Å². The van der Waals surface area contributed by atoms with E-state index in [-0.39, 0.29) is 0 Å². The molecule has 148 valence electrons. The quantitative estimate of drug-likeness (QED) is 0.480. The van der Waals surface area contributed by atoms with Gasteiger partial charge in [0.15, 0.2) is 0 Å². The molecule has 0 aliphatic heterocycles. The Hall–Kier alpha value is -3.47. The van der Waals surface area contributed by atoms with Gasteiger partial charge in [-0.3, -0.25) is 0 Å². The fourth-order valence-corrected chi connectivity index (χ4v) is 3.50. The number of benzene rings is 2. The number of aromatic nitrogens is 2. The van der Waals surface area contributed by atoms with Gasteiger partial charge in [0, 0.05) is 19.3 Å². The third kappa shape index (κ3) is 4.19. The first-order valence-corrected chi connectivity index (χ1v) is 9.62. The Morgan fingerprint density at radius 3 is 1.90 bits per heavy atom. The molecule has 4 aromatic rings. The van der Waals surface area contributed by atoms with Crippen molar-refractivity contribution in [1.29, 1.82) is 0 Å². The van der Waals surface area contributed by atoms with E-state index < -0.39 is 0 Å². The van der Waals surface area contributed by atoms with E-state index in [0.29, 0.717) is 0 Å². The van der Waals surface area contributed by atoms with E-state index in [2.05, 4.69) is 47.1 Å². The van der Waals surface area contributed by atoms with Crippen LogP contribution in [-0.4, -0.2) is 24.2 Å². The summed E-state index contributed by atoms with van der Waals surface area (Å²) in [6.07, 6.45) is 1.93. The van der Waals surface area contributed by atoms with Crippen LogP contribution in [0.4, 0.5) is 5.82 Å². The maximum atomic E-state index is 5.29. The standard InChI is InChI=1S/C24H25N3O2/c1-17-14-23-22(12-13-25-23)26-24(17)27(15-18-4-8-20(28-2)9-5-18)16-19-6-10-21(29-3)11-7-19/h4-14,25H,15-16H2,1-3H3. The van der Waals surface area contributed by atoms with Crippen molar-refractivity contribution >= 4 is 16.9 Å². The van der Waals surface area contributed by atoms with Gasteiger partial charge in [-0.25, -0.2) is 4.98 Å². The van der Waals surface area contributed by atoms with Gasteiger partial charge in [-0.1, -0.05) is 24.3 Å². The number of anilines is 1. The monoisotopic (exact) mass is 387 g/mol. The van der Waals surface area contributed by atoms with Crippen molar-refractivity contribution in [2.75, 3.05) is 19.1 Å². The predicted octanol–water partition coefficient (Wildman–Crippen LogP) is 5.10. The van der Waals surface area contributed by atoms with Crippen LogP contribution in [0, 0.1) is 6.92 Å². The number of hydrogen-bond acceptors (Lipinski definition) is 4. The first-order chi connectivity index (χ1) is 14.2. The second-order valence-corrected chi connectivity index (χ2v) is 7.09. The van der Waals surface area contributed by atoms with Crippen LogP contribution in [0.25, 0.3) is 11.0 Å². The third-order valence-electron chi connectivity index (χ3n) is 5.06. The van der Waals surface area contributed by atoms with Crippen molar-refractivity contribution in [1.82, 2.24) is 9.97 Å². The summed E-state index contributed by atoms with van der Waals surface area (Å²) in [5, 5.41) is 0. The smallest absolute Gasteiger partial charge is 0.132 e. The van der Waals surface area contributed by atoms with E-state index in [4.69, 9.17) is 14.5 Å². The van der Waals surface area contributed by atoms with Crippen molar-refractivity contribution in [2.24, 2.45) is 0 Å². The van der Waals surface area contributed by atoms with E-state index in [1.165, 1.54) is 11.1 Å². The lowest BCUT2D eigenvalue weighted by molar-refractivity contribution is 0.414. The summed E-state index contributed by atoms with van der Waals surface area (Å²) >= 11 is 0. The van der Waals surface area contributed by atoms with Gasteiger partial charge in [0.25, 0.3) is 0 Å². The van der Waals surface area contributed by atoms with Crippen molar-refractivity contribution in [3.05, 3.63) is 83.6 Å². The lowest BCUT2D eigenvalue weighted by Crippen LogP contribution is -2.24. The number of aryl methyl sites for hydroxylation is 1. The summed E-state index contributed by atoms with van der Waals surface area (Å²) in [7, 11) is 3.37. The van der Waals surface area contributed by atoms with Gasteiger partial charge < -0.3 is 19.4 Å². The summed E-state index contributed by atoms with van der Waals surface area (Å²) in [6, 6.07) is 20.6. The first-order valence-electron chi connectivity index (χ1n) is 9.62. The molecule has 4 rings (SSSR count). The molecule has 2 aromatic carbocycles. The van der Waals surface area contributed by atoms with Crippen molar-refractivity contribution in [2.45, 2.75) is 20.0 Å². The molecule has 29 heavy (non-hydrogen) atoms. The molecule has 5 nitrogen and oxygen atoms in total. The fourth-order valence-electron chi connectivity index (χ4n) is 3.50. The highest BCUT2D eigenvalue weighted by Crippen LogP contribution is 2.26. The molecule has 0 amide bonds. The van der Waals surface area contributed by atoms with Crippen molar-refractivity contribution in [3.8, 4) is 11.5 Å². The molecule has 0 bridgehead atoms. The number of nitrogens with zero attached hydrogens (tertiary/aromatic N) is 2. The van der Waals surface area contributed by atoms with E-state index in [9.17, 15) is 0 Å². The lowest BCUT2D eigenvalue weighted by atomic mass is 10.1. The molecule has 0 radical (unpaired) electrons. The van der Waals surface area contributed by atoms with Gasteiger partial charge >= 0.3 is 0 Å². The zero-order valence-corrected chi connectivity index (χ0v) is 17.0. The maximum Gasteiger partial charge on any atom is 0.132 e. The summed E-state index contributed by atoms with van der Waals surface area (Å²) in [5.74, 6) is 2.71. The zero-order chi connectivity index (χ0) is 20.2. The number of pyridine rings is 1. The Morgan fingerprint density at radius 2 is 1.38 bits per heavy atom. The molecule has 0 aliphatic rings. The van der Waals surface area contributed by atoms with Crippen molar-refractivity contribution < 1.29 is 9.47 Å². The second kappa shape index (κ2) is 8.27. The lowest BCUT2D eigenvalue weighted by Gasteiger charge is -2.26. The SMILES string of the molecule is COc1ccc(CN(Cc2ccc(OC)cc2)c2nc3cc[nH]c3cc2C)cc1. The highest BCUT2D eigenvalue weighted by molar-refractivity contribution is 5.78. The third-order valence-corrected chi connectivity index (χ3v) is 5.06. The summed E-state index contributed by atoms with van der Waals surface area (Å²) in [5.41, 5.74) is 5.58. The number of rotatable bonds is 7. The largest absolute Gasteiger partial charge is 0.497 e. The molecular weight excluding hydrogens is 362 g/mol. The first kappa shape index (κ1) is 18.9. The van der Waals surface area contributed by atoms with Gasteiger partial charge in [-0.15, -0.1) is 0 Å². The van der Waals surface area contributed by atoms with Crippen LogP contribution < -0.4 is 14.4 Å². The minimum absolute atomic E-state index is 0.750. The van der Waals surface area contributed by atoms with E-state index in [0.717, 1.165) is 47.0 Å². The van der Waals surface area contributed by atoms with Gasteiger partial charge in [0.1, 0.15) is 17.3 Å². The van der Waals surface area contributed by atoms with Crippen molar-refractivity contribution in [3.63, 3.8) is 0 Å². The van der Waals surface area contributed by atoms with E-state index in [1.807, 2.05) is 36.5 Å². The average molecular weight is 387 g/mol. The average Bonchev–Trinajstić information content (AvgIpc) is 3.21. The van der Waals surface area contributed by atoms with Crippen LogP contribution in [0.3, 0.4) is 0 Å². The van der Waals surface area contributed by atoms with Gasteiger partial charge in [0.05, 0.1) is 25.3 Å². The molecule has 5 heteroatoms. The van der Waals surface area contributed by atoms with E-state index >= 15 is 0 Å². The van der Waals surface area contributed by atoms with Crippen LogP contribution in [0.5, 0.6) is 11.5 Å². The Bertz CT molecular complexity index is 1040. The van der Waals surface area contributed by atoms with Gasteiger partial charge in [-0.05, 0) is 60.0 Å². The molecule has 0 fully saturated rings. The maximum absolute atomic E-state index is 5.29. The molecular formula is C24H25N3O2. The summed E-state index contributed by atoms with van der Waals surface area (Å²) in [4.78, 5) is 10.5. The summed E-state index contributed by atoms with van der Waals surface area (Å²) < 4.78 is 10.6. The van der Waals surface area contributed by atoms with Crippen LogP contribution in [-0.2, 0) is 13.1 Å². The highest BCUT2D eigenvalue weighted by atomic mass is 16.5. The molecule has 2 aromatic heterocycles. The predicted molar refractivity (Wildman–Crippen MR) is 117 cm³/mol. The van der Waals surface area contributed by atoms with Gasteiger partial charge in [0.2, 0.25) is 0 Å². The minimum atomic E-state index is 0.750. The number of methoxy groups -OCH3 is 2. The highest BCUT2D eigenvalue weighted by Gasteiger charge is 2.14. The van der Waals surface area contributed by atoms with Gasteiger partial charge in [-0.2, -0.15) is 0 Å². The van der Waals surface area contributed by atoms with Crippen LogP contribution in [0.15, 0.2) is 66.9 Å². The zero-order valence-electron chi connectivity index (χ0n) is 17.0. The fraction of sp³-hybridized carbons (Fsp3) is 0.208. The number of H-pyrrole nitrogens is 1. The molecule has 0 aliphatic carbocycles. The summed E-state index contributed by atoms with van der Waals surface area (Å²) in [6.45, 7) is 3.61. The Morgan fingerprint density at radius 1 is 0.828 bits per heavy atom.